The molecule has 0 aliphatic heterocycles. The van der Waals surface area contributed by atoms with Crippen molar-refractivity contribution in [2.24, 2.45) is 5.84 Å². The molecule has 2 heterocycles. The fourth-order valence-electron chi connectivity index (χ4n) is 3.26. The number of anilines is 1. The summed E-state index contributed by atoms with van der Waals surface area (Å²) in [5.41, 5.74) is -1.05. The molecule has 0 bridgehead atoms. The first-order chi connectivity index (χ1) is 17.9. The second kappa shape index (κ2) is 10.5. The molecule has 2 aromatic heterocycles. The number of aromatic nitrogens is 4. The Balaban J connectivity index is 1.90. The first kappa shape index (κ1) is 22.8. The fourth-order valence-corrected chi connectivity index (χ4v) is 3.92. The number of benzene rings is 1. The Labute approximate surface area is 214 Å². The number of hydrogen-bond acceptors (Lipinski definition) is 8. The standard InChI is InChI=1S/C22H19ClF3N7O2S/c1-31(27)7-12-2-3-15(23)19(4-12)29-20-30-21(34)33(9-14-10-36-11-28-14)22(35)32(20)8-13-5-17(25)18(26)6-16(13)24/h3-7,10-11H,2,8-9,27H2,1H3,(H,29,30,34)/b12-7+/i9D2. The molecule has 188 valence electrons. The molecule has 3 N–H and O–H groups in total. The second-order valence-corrected chi connectivity index (χ2v) is 8.70. The summed E-state index contributed by atoms with van der Waals surface area (Å²) in [4.78, 5) is 34.2. The van der Waals surface area contributed by atoms with E-state index in [1.165, 1.54) is 15.9 Å². The minimum Gasteiger partial charge on any atom is -0.324 e. The van der Waals surface area contributed by atoms with Crippen molar-refractivity contribution in [1.29, 1.82) is 0 Å². The van der Waals surface area contributed by atoms with Gasteiger partial charge in [0, 0.05) is 30.3 Å². The zero-order valence-electron chi connectivity index (χ0n) is 20.5. The predicted molar refractivity (Wildman–Crippen MR) is 130 cm³/mol. The summed E-state index contributed by atoms with van der Waals surface area (Å²) >= 11 is 7.34. The van der Waals surface area contributed by atoms with Gasteiger partial charge < -0.3 is 10.3 Å². The Morgan fingerprint density at radius 3 is 2.72 bits per heavy atom. The Hall–Kier alpha value is -3.68. The van der Waals surface area contributed by atoms with Crippen LogP contribution in [-0.4, -0.2) is 31.2 Å². The number of hydrazine groups is 1. The summed E-state index contributed by atoms with van der Waals surface area (Å²) in [6, 6.07) is 0.862. The van der Waals surface area contributed by atoms with Gasteiger partial charge in [-0.15, -0.1) is 11.3 Å². The molecule has 1 aromatic carbocycles. The zero-order chi connectivity index (χ0) is 27.8. The van der Waals surface area contributed by atoms with Gasteiger partial charge in [-0.3, -0.25) is 4.57 Å². The van der Waals surface area contributed by atoms with E-state index in [4.69, 9.17) is 20.2 Å². The SMILES string of the molecule is [2H]C([2H])(c1cscn1)n1c(=O)nc(NC2=C/C(=C/N(C)N)CC=C2Cl)n(Cc2cc(F)c(F)cc2F)c1=O. The van der Waals surface area contributed by atoms with Gasteiger partial charge in [0.1, 0.15) is 5.82 Å². The molecule has 0 saturated carbocycles. The summed E-state index contributed by atoms with van der Waals surface area (Å²) in [6.07, 6.45) is 5.21. The molecule has 4 rings (SSSR count). The molecule has 0 fully saturated rings. The number of nitrogens with two attached hydrogens (primary N) is 1. The Bertz CT molecular complexity index is 1600. The minimum atomic E-state index is -2.74. The Morgan fingerprint density at radius 2 is 2.03 bits per heavy atom. The molecule has 3 aromatic rings. The molecular formula is C22H19ClF3N7O2S. The van der Waals surface area contributed by atoms with Gasteiger partial charge in [-0.05, 0) is 24.1 Å². The van der Waals surface area contributed by atoms with Crippen LogP contribution >= 0.6 is 22.9 Å². The van der Waals surface area contributed by atoms with Gasteiger partial charge >= 0.3 is 11.4 Å². The quantitative estimate of drug-likeness (QED) is 0.270. The van der Waals surface area contributed by atoms with Crippen molar-refractivity contribution >= 4 is 28.9 Å². The third-order valence-corrected chi connectivity index (χ3v) is 5.81. The van der Waals surface area contributed by atoms with Crippen LogP contribution in [0.4, 0.5) is 19.1 Å². The van der Waals surface area contributed by atoms with Gasteiger partial charge in [0.05, 0.1) is 37.7 Å². The van der Waals surface area contributed by atoms with Crippen LogP contribution in [0.2, 0.25) is 0 Å². The summed E-state index contributed by atoms with van der Waals surface area (Å²) in [7, 11) is 1.60. The van der Waals surface area contributed by atoms with Gasteiger partial charge in [-0.1, -0.05) is 17.7 Å². The Morgan fingerprint density at radius 1 is 1.28 bits per heavy atom. The molecule has 0 atom stereocenters. The molecule has 9 nitrogen and oxygen atoms in total. The highest BCUT2D eigenvalue weighted by molar-refractivity contribution is 7.07. The first-order valence-electron chi connectivity index (χ1n) is 11.2. The van der Waals surface area contributed by atoms with Crippen LogP contribution in [0.5, 0.6) is 0 Å². The normalized spacial score (nSPS) is 15.8. The molecule has 0 saturated heterocycles. The van der Waals surface area contributed by atoms with Crippen LogP contribution < -0.4 is 22.5 Å². The van der Waals surface area contributed by atoms with Crippen molar-refractivity contribution in [1.82, 2.24) is 24.1 Å². The van der Waals surface area contributed by atoms with Crippen molar-refractivity contribution in [2.45, 2.75) is 19.5 Å². The molecular weight excluding hydrogens is 519 g/mol. The molecule has 1 aliphatic carbocycles. The molecule has 0 radical (unpaired) electrons. The minimum absolute atomic E-state index is 0.192. The molecule has 36 heavy (non-hydrogen) atoms. The van der Waals surface area contributed by atoms with Crippen LogP contribution in [0.15, 0.2) is 67.3 Å². The van der Waals surface area contributed by atoms with E-state index in [1.807, 2.05) is 0 Å². The van der Waals surface area contributed by atoms with Gasteiger partial charge in [-0.25, -0.2) is 38.2 Å². The third kappa shape index (κ3) is 5.58. The maximum absolute atomic E-state index is 14.5. The predicted octanol–water partition coefficient (Wildman–Crippen LogP) is 2.89. The average molecular weight is 540 g/mol. The molecule has 14 heteroatoms. The van der Waals surface area contributed by atoms with E-state index >= 15 is 0 Å². The number of thiazole rings is 1. The number of hydrogen-bond donors (Lipinski definition) is 2. The highest BCUT2D eigenvalue weighted by Crippen LogP contribution is 2.26. The van der Waals surface area contributed by atoms with Crippen LogP contribution in [0.3, 0.4) is 0 Å². The number of allylic oxidation sites excluding steroid dienone is 4. The Kier molecular flexibility index (Phi) is 6.65. The number of nitrogens with one attached hydrogen (secondary N) is 1. The number of halogens is 4. The maximum Gasteiger partial charge on any atom is 0.355 e. The lowest BCUT2D eigenvalue weighted by atomic mass is 10.1. The summed E-state index contributed by atoms with van der Waals surface area (Å²) < 4.78 is 59.6. The topological polar surface area (TPSA) is 111 Å². The van der Waals surface area contributed by atoms with Crippen LogP contribution in [0.1, 0.15) is 20.4 Å². The number of rotatable bonds is 7. The average Bonchev–Trinajstić information content (AvgIpc) is 3.37. The molecule has 0 amide bonds. The summed E-state index contributed by atoms with van der Waals surface area (Å²) in [5, 5.41) is 5.54. The maximum atomic E-state index is 14.5. The van der Waals surface area contributed by atoms with E-state index in [2.05, 4.69) is 15.3 Å². The van der Waals surface area contributed by atoms with Crippen LogP contribution in [0.25, 0.3) is 0 Å². The lowest BCUT2D eigenvalue weighted by Crippen LogP contribution is -2.43. The van der Waals surface area contributed by atoms with Gasteiger partial charge in [0.25, 0.3) is 0 Å². The van der Waals surface area contributed by atoms with E-state index in [9.17, 15) is 22.8 Å². The second-order valence-electron chi connectivity index (χ2n) is 7.57. The molecule has 1 aliphatic rings. The monoisotopic (exact) mass is 539 g/mol. The van der Waals surface area contributed by atoms with Crippen molar-refractivity contribution < 1.29 is 15.9 Å². The van der Waals surface area contributed by atoms with E-state index < -0.39 is 53.4 Å². The van der Waals surface area contributed by atoms with Crippen molar-refractivity contribution in [3.63, 3.8) is 0 Å². The van der Waals surface area contributed by atoms with E-state index in [-0.39, 0.29) is 21.0 Å². The highest BCUT2D eigenvalue weighted by atomic mass is 35.5. The zero-order valence-corrected chi connectivity index (χ0v) is 20.1. The van der Waals surface area contributed by atoms with Gasteiger partial charge in [0.15, 0.2) is 11.6 Å². The van der Waals surface area contributed by atoms with E-state index in [0.717, 1.165) is 11.3 Å². The highest BCUT2D eigenvalue weighted by Gasteiger charge is 2.20. The van der Waals surface area contributed by atoms with Crippen LogP contribution in [-0.2, 0) is 13.0 Å². The molecule has 0 spiro atoms. The van der Waals surface area contributed by atoms with E-state index in [1.54, 1.807) is 25.4 Å². The fraction of sp³-hybridized carbons (Fsp3) is 0.182. The van der Waals surface area contributed by atoms with E-state index in [0.29, 0.717) is 28.7 Å². The lowest BCUT2D eigenvalue weighted by Gasteiger charge is -2.19. The van der Waals surface area contributed by atoms with Crippen molar-refractivity contribution in [3.05, 3.63) is 107 Å². The summed E-state index contributed by atoms with van der Waals surface area (Å²) in [6.45, 7) is -3.48. The van der Waals surface area contributed by atoms with Gasteiger partial charge in [-0.2, -0.15) is 4.98 Å². The smallest absolute Gasteiger partial charge is 0.324 e. The first-order valence-corrected chi connectivity index (χ1v) is 11.5. The largest absolute Gasteiger partial charge is 0.355 e. The molecule has 0 unspecified atom stereocenters. The van der Waals surface area contributed by atoms with Crippen LogP contribution in [0, 0.1) is 17.5 Å². The van der Waals surface area contributed by atoms with Gasteiger partial charge in [0.2, 0.25) is 5.95 Å². The van der Waals surface area contributed by atoms with Crippen molar-refractivity contribution in [3.8, 4) is 0 Å². The summed E-state index contributed by atoms with van der Waals surface area (Å²) in [5.74, 6) is 1.23. The number of nitrogens with zero attached hydrogens (tertiary/aromatic N) is 5. The van der Waals surface area contributed by atoms with Crippen molar-refractivity contribution in [2.75, 3.05) is 12.4 Å². The lowest BCUT2D eigenvalue weighted by molar-refractivity contribution is 0.481. The third-order valence-electron chi connectivity index (χ3n) is 4.87.